The van der Waals surface area contributed by atoms with E-state index in [2.05, 4.69) is 10.6 Å². The first-order valence-electron chi connectivity index (χ1n) is 8.60. The van der Waals surface area contributed by atoms with Crippen LogP contribution in [0.25, 0.3) is 0 Å². The molecule has 0 aliphatic carbocycles. The van der Waals surface area contributed by atoms with E-state index >= 15 is 0 Å². The van der Waals surface area contributed by atoms with E-state index in [1.54, 1.807) is 18.2 Å². The lowest BCUT2D eigenvalue weighted by Crippen LogP contribution is -2.54. The summed E-state index contributed by atoms with van der Waals surface area (Å²) in [7, 11) is 0. The van der Waals surface area contributed by atoms with Gasteiger partial charge in [0.2, 0.25) is 11.8 Å². The zero-order valence-electron chi connectivity index (χ0n) is 14.3. The zero-order valence-corrected chi connectivity index (χ0v) is 15.1. The third-order valence-electron chi connectivity index (χ3n) is 4.31. The first-order chi connectivity index (χ1) is 12.6. The Bertz CT molecular complexity index is 769. The second-order valence-corrected chi connectivity index (χ2v) is 7.44. The second kappa shape index (κ2) is 8.85. The van der Waals surface area contributed by atoms with Crippen LogP contribution in [0.2, 0.25) is 0 Å². The number of thioether (sulfide) groups is 1. The highest BCUT2D eigenvalue weighted by molar-refractivity contribution is 8.00. The minimum Gasteiger partial charge on any atom is -0.354 e. The summed E-state index contributed by atoms with van der Waals surface area (Å²) in [4.78, 5) is 24.5. The Morgan fingerprint density at radius 1 is 1.15 bits per heavy atom. The van der Waals surface area contributed by atoms with Gasteiger partial charge in [-0.15, -0.1) is 11.8 Å². The quantitative estimate of drug-likeness (QED) is 0.818. The molecule has 0 radical (unpaired) electrons. The van der Waals surface area contributed by atoms with Crippen LogP contribution >= 0.6 is 11.8 Å². The predicted octanol–water partition coefficient (Wildman–Crippen LogP) is 2.33. The number of carbonyl (C=O) groups is 2. The van der Waals surface area contributed by atoms with E-state index < -0.39 is 6.04 Å². The van der Waals surface area contributed by atoms with Crippen molar-refractivity contribution in [3.05, 3.63) is 71.5 Å². The molecule has 2 amide bonds. The van der Waals surface area contributed by atoms with E-state index in [0.29, 0.717) is 24.3 Å². The van der Waals surface area contributed by atoms with Crippen molar-refractivity contribution >= 4 is 23.6 Å². The van der Waals surface area contributed by atoms with E-state index in [4.69, 9.17) is 0 Å². The van der Waals surface area contributed by atoms with E-state index in [9.17, 15) is 14.0 Å². The maximum absolute atomic E-state index is 13.8. The van der Waals surface area contributed by atoms with Crippen molar-refractivity contribution in [2.75, 3.05) is 12.3 Å². The van der Waals surface area contributed by atoms with Gasteiger partial charge in [0.1, 0.15) is 11.9 Å². The number of carbonyl (C=O) groups excluding carboxylic acids is 2. The van der Waals surface area contributed by atoms with Gasteiger partial charge in [0.25, 0.3) is 0 Å². The molecule has 1 heterocycles. The van der Waals surface area contributed by atoms with Crippen molar-refractivity contribution in [2.24, 2.45) is 0 Å². The van der Waals surface area contributed by atoms with Gasteiger partial charge in [0.05, 0.1) is 5.25 Å². The molecule has 2 unspecified atom stereocenters. The average Bonchev–Trinajstić information content (AvgIpc) is 2.66. The number of amides is 2. The fourth-order valence-electron chi connectivity index (χ4n) is 2.85. The topological polar surface area (TPSA) is 58.2 Å². The minimum atomic E-state index is -0.542. The van der Waals surface area contributed by atoms with Crippen LogP contribution in [0.4, 0.5) is 4.39 Å². The molecular formula is C20H21FN2O2S. The van der Waals surface area contributed by atoms with Gasteiger partial charge in [-0.25, -0.2) is 4.39 Å². The molecule has 1 fully saturated rings. The lowest BCUT2D eigenvalue weighted by molar-refractivity contribution is -0.128. The van der Waals surface area contributed by atoms with Crippen molar-refractivity contribution in [3.63, 3.8) is 0 Å². The third-order valence-corrected chi connectivity index (χ3v) is 5.62. The van der Waals surface area contributed by atoms with Crippen LogP contribution in [0.5, 0.6) is 0 Å². The largest absolute Gasteiger partial charge is 0.354 e. The maximum atomic E-state index is 13.8. The molecule has 0 saturated carbocycles. The summed E-state index contributed by atoms with van der Waals surface area (Å²) in [5, 5.41) is 5.25. The standard InChI is InChI=1S/C20H21FN2O2S/c21-16-9-5-4-8-15(16)12-18-20(25)23-17(13-26-18)19(24)22-11-10-14-6-2-1-3-7-14/h1-9,17-18H,10-13H2,(H,22,24)(H,23,25). The van der Waals surface area contributed by atoms with Crippen LogP contribution in [-0.2, 0) is 22.4 Å². The number of hydrogen-bond donors (Lipinski definition) is 2. The Morgan fingerprint density at radius 2 is 1.88 bits per heavy atom. The lowest BCUT2D eigenvalue weighted by atomic mass is 10.1. The Balaban J connectivity index is 1.46. The SMILES string of the molecule is O=C(NCCc1ccccc1)C1CSC(Cc2ccccc2F)C(=O)N1. The van der Waals surface area contributed by atoms with E-state index in [-0.39, 0.29) is 22.9 Å². The molecule has 6 heteroatoms. The summed E-state index contributed by atoms with van der Waals surface area (Å²) in [6.45, 7) is 0.526. The van der Waals surface area contributed by atoms with Gasteiger partial charge in [-0.1, -0.05) is 48.5 Å². The summed E-state index contributed by atoms with van der Waals surface area (Å²) in [5.41, 5.74) is 1.67. The van der Waals surface area contributed by atoms with Gasteiger partial charge in [-0.05, 0) is 30.0 Å². The molecule has 26 heavy (non-hydrogen) atoms. The molecule has 3 rings (SSSR count). The molecule has 1 aliphatic rings. The molecule has 2 N–H and O–H groups in total. The number of rotatable bonds is 6. The average molecular weight is 372 g/mol. The van der Waals surface area contributed by atoms with Gasteiger partial charge in [-0.2, -0.15) is 0 Å². The van der Waals surface area contributed by atoms with Gasteiger partial charge in [0, 0.05) is 12.3 Å². The Morgan fingerprint density at radius 3 is 2.62 bits per heavy atom. The highest BCUT2D eigenvalue weighted by atomic mass is 32.2. The second-order valence-electron chi connectivity index (χ2n) is 6.21. The summed E-state index contributed by atoms with van der Waals surface area (Å²) in [6.07, 6.45) is 1.07. The Hall–Kier alpha value is -2.34. The van der Waals surface area contributed by atoms with Crippen LogP contribution in [-0.4, -0.2) is 35.4 Å². The molecule has 2 aromatic carbocycles. The van der Waals surface area contributed by atoms with Crippen molar-refractivity contribution in [1.29, 1.82) is 0 Å². The molecule has 0 aromatic heterocycles. The molecule has 0 bridgehead atoms. The molecule has 2 atom stereocenters. The smallest absolute Gasteiger partial charge is 0.243 e. The summed E-state index contributed by atoms with van der Waals surface area (Å²) in [5.74, 6) is -0.206. The third kappa shape index (κ3) is 4.85. The summed E-state index contributed by atoms with van der Waals surface area (Å²) >= 11 is 1.40. The fourth-order valence-corrected chi connectivity index (χ4v) is 4.03. The molecular weight excluding hydrogens is 351 g/mol. The fraction of sp³-hybridized carbons (Fsp3) is 0.300. The lowest BCUT2D eigenvalue weighted by Gasteiger charge is -2.28. The molecule has 4 nitrogen and oxygen atoms in total. The van der Waals surface area contributed by atoms with Crippen LogP contribution in [0.15, 0.2) is 54.6 Å². The molecule has 1 aliphatic heterocycles. The molecule has 136 valence electrons. The normalized spacial score (nSPS) is 19.7. The first-order valence-corrected chi connectivity index (χ1v) is 9.65. The van der Waals surface area contributed by atoms with Gasteiger partial charge >= 0.3 is 0 Å². The molecule has 1 saturated heterocycles. The maximum Gasteiger partial charge on any atom is 0.243 e. The zero-order chi connectivity index (χ0) is 18.4. The van der Waals surface area contributed by atoms with Crippen LogP contribution < -0.4 is 10.6 Å². The van der Waals surface area contributed by atoms with Gasteiger partial charge in [0.15, 0.2) is 0 Å². The van der Waals surface area contributed by atoms with E-state index in [1.165, 1.54) is 17.8 Å². The Labute approximate surface area is 156 Å². The number of hydrogen-bond acceptors (Lipinski definition) is 3. The summed E-state index contributed by atoms with van der Waals surface area (Å²) in [6, 6.07) is 15.8. The monoisotopic (exact) mass is 372 g/mol. The number of halogens is 1. The molecule has 0 spiro atoms. The summed E-state index contributed by atoms with van der Waals surface area (Å²) < 4.78 is 13.8. The van der Waals surface area contributed by atoms with E-state index in [1.807, 2.05) is 30.3 Å². The van der Waals surface area contributed by atoms with Crippen molar-refractivity contribution in [3.8, 4) is 0 Å². The van der Waals surface area contributed by atoms with Crippen LogP contribution in [0.3, 0.4) is 0 Å². The van der Waals surface area contributed by atoms with E-state index in [0.717, 1.165) is 12.0 Å². The highest BCUT2D eigenvalue weighted by Crippen LogP contribution is 2.23. The van der Waals surface area contributed by atoms with Crippen molar-refractivity contribution < 1.29 is 14.0 Å². The minimum absolute atomic E-state index is 0.175. The van der Waals surface area contributed by atoms with Gasteiger partial charge < -0.3 is 10.6 Å². The highest BCUT2D eigenvalue weighted by Gasteiger charge is 2.32. The Kier molecular flexibility index (Phi) is 6.28. The predicted molar refractivity (Wildman–Crippen MR) is 101 cm³/mol. The number of benzene rings is 2. The van der Waals surface area contributed by atoms with Crippen molar-refractivity contribution in [1.82, 2.24) is 10.6 Å². The molecule has 2 aromatic rings. The number of nitrogens with one attached hydrogen (secondary N) is 2. The van der Waals surface area contributed by atoms with Crippen molar-refractivity contribution in [2.45, 2.75) is 24.1 Å². The van der Waals surface area contributed by atoms with Crippen LogP contribution in [0, 0.1) is 5.82 Å². The first kappa shape index (κ1) is 18.5. The van der Waals surface area contributed by atoms with Gasteiger partial charge in [-0.3, -0.25) is 9.59 Å². The van der Waals surface area contributed by atoms with Crippen LogP contribution in [0.1, 0.15) is 11.1 Å².